The van der Waals surface area contributed by atoms with E-state index in [2.05, 4.69) is 24.3 Å². The molecule has 0 fully saturated rings. The topological polar surface area (TPSA) is 55.5 Å². The molecule has 2 unspecified atom stereocenters. The molecule has 0 saturated heterocycles. The van der Waals surface area contributed by atoms with Gasteiger partial charge in [-0.2, -0.15) is 0 Å². The number of fused-ring (bicyclic) bond motifs is 1. The fraction of sp³-hybridized carbons (Fsp3) is 0.429. The summed E-state index contributed by atoms with van der Waals surface area (Å²) in [4.78, 5) is 1.17. The zero-order chi connectivity index (χ0) is 17.6. The molecule has 142 valence electrons. The molecule has 0 bridgehead atoms. The van der Waals surface area contributed by atoms with Gasteiger partial charge < -0.3 is 15.6 Å². The van der Waals surface area contributed by atoms with E-state index >= 15 is 0 Å². The van der Waals surface area contributed by atoms with Crippen molar-refractivity contribution in [3.63, 3.8) is 0 Å². The van der Waals surface area contributed by atoms with E-state index in [0.29, 0.717) is 11.7 Å². The minimum absolute atomic E-state index is 0. The summed E-state index contributed by atoms with van der Waals surface area (Å²) in [7, 11) is 1.70. The third-order valence-corrected chi connectivity index (χ3v) is 6.18. The molecule has 3 rings (SSSR count). The van der Waals surface area contributed by atoms with Crippen LogP contribution in [0.1, 0.15) is 24.0 Å². The third kappa shape index (κ3) is 5.40. The highest BCUT2D eigenvalue weighted by molar-refractivity contribution is 7.99. The van der Waals surface area contributed by atoms with Crippen LogP contribution in [0.25, 0.3) is 0 Å². The van der Waals surface area contributed by atoms with Crippen LogP contribution in [0.3, 0.4) is 0 Å². The molecule has 0 radical (unpaired) electrons. The lowest BCUT2D eigenvalue weighted by Gasteiger charge is -2.27. The number of ether oxygens (including phenoxy) is 1. The van der Waals surface area contributed by atoms with Crippen molar-refractivity contribution in [2.24, 2.45) is 11.7 Å². The van der Waals surface area contributed by atoms with Gasteiger partial charge in [0.15, 0.2) is 0 Å². The lowest BCUT2D eigenvalue weighted by atomic mass is 9.88. The molecule has 0 amide bonds. The Morgan fingerprint density at radius 2 is 1.96 bits per heavy atom. The molecule has 3 N–H and O–H groups in total. The van der Waals surface area contributed by atoms with E-state index in [4.69, 9.17) is 10.5 Å². The van der Waals surface area contributed by atoms with Gasteiger partial charge in [0.05, 0.1) is 13.2 Å². The van der Waals surface area contributed by atoms with Crippen molar-refractivity contribution in [3.8, 4) is 5.75 Å². The Labute approximate surface area is 166 Å². The largest absolute Gasteiger partial charge is 0.497 e. The van der Waals surface area contributed by atoms with Gasteiger partial charge in [0.1, 0.15) is 5.75 Å². The molecule has 2 aromatic rings. The van der Waals surface area contributed by atoms with E-state index in [0.717, 1.165) is 31.4 Å². The highest BCUT2D eigenvalue weighted by Gasteiger charge is 2.27. The number of aliphatic hydroxyl groups excluding tert-OH is 1. The van der Waals surface area contributed by atoms with E-state index in [1.165, 1.54) is 16.0 Å². The van der Waals surface area contributed by atoms with Crippen molar-refractivity contribution in [3.05, 3.63) is 59.7 Å². The number of benzene rings is 2. The average Bonchev–Trinajstić information content (AvgIpc) is 2.87. The van der Waals surface area contributed by atoms with Crippen LogP contribution in [0.15, 0.2) is 53.4 Å². The molecular weight excluding hydrogens is 366 g/mol. The molecule has 0 spiro atoms. The fourth-order valence-electron chi connectivity index (χ4n) is 3.55. The highest BCUT2D eigenvalue weighted by atomic mass is 35.5. The molecule has 2 aromatic carbocycles. The van der Waals surface area contributed by atoms with Gasteiger partial charge >= 0.3 is 0 Å². The van der Waals surface area contributed by atoms with Crippen molar-refractivity contribution in [1.29, 1.82) is 0 Å². The first-order chi connectivity index (χ1) is 12.2. The Morgan fingerprint density at radius 3 is 2.69 bits per heavy atom. The van der Waals surface area contributed by atoms with Crippen molar-refractivity contribution in [2.75, 3.05) is 12.9 Å². The number of thioether (sulfide) groups is 1. The smallest absolute Gasteiger partial charge is 0.119 e. The van der Waals surface area contributed by atoms with Gasteiger partial charge in [-0.15, -0.1) is 24.2 Å². The summed E-state index contributed by atoms with van der Waals surface area (Å²) < 4.78 is 5.37. The number of aliphatic hydroxyl groups is 1. The summed E-state index contributed by atoms with van der Waals surface area (Å²) in [6, 6.07) is 16.3. The summed E-state index contributed by atoms with van der Waals surface area (Å²) in [6.07, 6.45) is 3.68. The first-order valence-electron chi connectivity index (χ1n) is 8.94. The zero-order valence-corrected chi connectivity index (χ0v) is 16.8. The Bertz CT molecular complexity index is 683. The quantitative estimate of drug-likeness (QED) is 0.573. The van der Waals surface area contributed by atoms with Gasteiger partial charge in [-0.05, 0) is 67.0 Å². The van der Waals surface area contributed by atoms with Gasteiger partial charge in [-0.3, -0.25) is 0 Å². The van der Waals surface area contributed by atoms with E-state index in [9.17, 15) is 5.11 Å². The molecule has 3 nitrogen and oxygen atoms in total. The van der Waals surface area contributed by atoms with E-state index in [-0.39, 0.29) is 18.4 Å². The van der Waals surface area contributed by atoms with Crippen LogP contribution in [0.4, 0.5) is 0 Å². The van der Waals surface area contributed by atoms with Gasteiger partial charge in [-0.25, -0.2) is 0 Å². The van der Waals surface area contributed by atoms with Crippen LogP contribution in [0, 0.1) is 5.92 Å². The van der Waals surface area contributed by atoms with Crippen LogP contribution in [0.5, 0.6) is 5.75 Å². The number of halogens is 1. The highest BCUT2D eigenvalue weighted by Crippen LogP contribution is 2.30. The maximum absolute atomic E-state index is 10.6. The predicted octanol–water partition coefficient (Wildman–Crippen LogP) is 4.09. The molecule has 0 saturated carbocycles. The number of aryl methyl sites for hydroxylation is 1. The molecule has 3 atom stereocenters. The number of hydrogen-bond donors (Lipinski definition) is 2. The Hall–Kier alpha value is -1.20. The van der Waals surface area contributed by atoms with Gasteiger partial charge in [-0.1, -0.05) is 24.3 Å². The van der Waals surface area contributed by atoms with Crippen molar-refractivity contribution in [1.82, 2.24) is 0 Å². The monoisotopic (exact) mass is 393 g/mol. The van der Waals surface area contributed by atoms with Gasteiger partial charge in [0.2, 0.25) is 0 Å². The van der Waals surface area contributed by atoms with Gasteiger partial charge in [0.25, 0.3) is 0 Å². The number of methoxy groups -OCH3 is 1. The SMILES string of the molecule is COc1ccc2c(c1)CC(C(N)[C@H](O)CSc1ccccc1)CCC2.Cl. The molecule has 5 heteroatoms. The zero-order valence-electron chi connectivity index (χ0n) is 15.1. The molecular formula is C21H28ClNO2S. The van der Waals surface area contributed by atoms with Crippen molar-refractivity contribution >= 4 is 24.2 Å². The lowest BCUT2D eigenvalue weighted by Crippen LogP contribution is -2.43. The first kappa shape index (κ1) is 21.1. The second-order valence-electron chi connectivity index (χ2n) is 6.76. The first-order valence-corrected chi connectivity index (χ1v) is 9.93. The van der Waals surface area contributed by atoms with Crippen molar-refractivity contribution in [2.45, 2.75) is 42.7 Å². The fourth-order valence-corrected chi connectivity index (χ4v) is 4.49. The van der Waals surface area contributed by atoms with Crippen LogP contribution >= 0.6 is 24.2 Å². The molecule has 1 aliphatic carbocycles. The standard InChI is InChI=1S/C21H27NO2S.ClH/c1-24-18-11-10-15-6-5-7-16(12-17(15)13-18)21(22)20(23)14-25-19-8-3-2-4-9-19;/h2-4,8-11,13,16,20-21,23H,5-7,12,14,22H2,1H3;1H/t16?,20-,21?;/m1./s1. The van der Waals surface area contributed by atoms with E-state index in [1.54, 1.807) is 18.9 Å². The van der Waals surface area contributed by atoms with Crippen LogP contribution in [0.2, 0.25) is 0 Å². The summed E-state index contributed by atoms with van der Waals surface area (Å²) in [6.45, 7) is 0. The molecule has 0 aliphatic heterocycles. The average molecular weight is 394 g/mol. The van der Waals surface area contributed by atoms with Crippen LogP contribution < -0.4 is 10.5 Å². The number of rotatable bonds is 6. The van der Waals surface area contributed by atoms with Crippen molar-refractivity contribution < 1.29 is 9.84 Å². The summed E-state index contributed by atoms with van der Waals surface area (Å²) in [5.41, 5.74) is 9.17. The normalized spacial score (nSPS) is 18.8. The number of nitrogens with two attached hydrogens (primary N) is 1. The van der Waals surface area contributed by atoms with Crippen LogP contribution in [-0.4, -0.2) is 30.1 Å². The molecule has 0 aromatic heterocycles. The third-order valence-electron chi connectivity index (χ3n) is 5.07. The summed E-state index contributed by atoms with van der Waals surface area (Å²) >= 11 is 1.67. The van der Waals surface area contributed by atoms with Gasteiger partial charge in [0, 0.05) is 16.7 Å². The Balaban J connectivity index is 0.00000243. The molecule has 1 aliphatic rings. The summed E-state index contributed by atoms with van der Waals surface area (Å²) in [5, 5.41) is 10.6. The Morgan fingerprint density at radius 1 is 1.19 bits per heavy atom. The Kier molecular flexibility index (Phi) is 8.29. The van der Waals surface area contributed by atoms with Crippen LogP contribution in [-0.2, 0) is 12.8 Å². The molecule has 26 heavy (non-hydrogen) atoms. The second-order valence-corrected chi connectivity index (χ2v) is 7.85. The second kappa shape index (κ2) is 10.2. The van der Waals surface area contributed by atoms with E-state index in [1.807, 2.05) is 24.3 Å². The lowest BCUT2D eigenvalue weighted by molar-refractivity contribution is 0.134. The molecule has 0 heterocycles. The predicted molar refractivity (Wildman–Crippen MR) is 112 cm³/mol. The minimum Gasteiger partial charge on any atom is -0.497 e. The number of hydrogen-bond acceptors (Lipinski definition) is 4. The van der Waals surface area contributed by atoms with E-state index < -0.39 is 6.10 Å². The maximum atomic E-state index is 10.6. The minimum atomic E-state index is -0.498. The maximum Gasteiger partial charge on any atom is 0.119 e. The summed E-state index contributed by atoms with van der Waals surface area (Å²) in [5.74, 6) is 1.83.